The molecule has 1 atom stereocenters. The summed E-state index contributed by atoms with van der Waals surface area (Å²) >= 11 is 0. The molecule has 106 valence electrons. The Morgan fingerprint density at radius 1 is 1.14 bits per heavy atom. The third-order valence-electron chi connectivity index (χ3n) is 3.42. The molecule has 1 amide bonds. The summed E-state index contributed by atoms with van der Waals surface area (Å²) in [6.07, 6.45) is 0. The number of aryl methyl sites for hydroxylation is 1. The van der Waals surface area contributed by atoms with E-state index in [0.29, 0.717) is 11.5 Å². The Kier molecular flexibility index (Phi) is 3.44. The summed E-state index contributed by atoms with van der Waals surface area (Å²) in [6, 6.07) is 14.8. The third-order valence-corrected chi connectivity index (χ3v) is 3.42. The average Bonchev–Trinajstić information content (AvgIpc) is 2.91. The molecule has 0 spiro atoms. The topological polar surface area (TPSA) is 55.1 Å². The number of aromatic nitrogens is 1. The fourth-order valence-electron chi connectivity index (χ4n) is 2.24. The van der Waals surface area contributed by atoms with Crippen LogP contribution in [-0.2, 0) is 0 Å². The van der Waals surface area contributed by atoms with Crippen molar-refractivity contribution in [2.75, 3.05) is 0 Å². The summed E-state index contributed by atoms with van der Waals surface area (Å²) in [6.45, 7) is 3.78. The number of para-hydroxylation sites is 2. The predicted molar refractivity (Wildman–Crippen MR) is 81.1 cm³/mol. The van der Waals surface area contributed by atoms with E-state index in [1.165, 1.54) is 0 Å². The van der Waals surface area contributed by atoms with Crippen LogP contribution in [0, 0.1) is 6.92 Å². The normalized spacial score (nSPS) is 12.3. The molecule has 4 heteroatoms. The lowest BCUT2D eigenvalue weighted by Gasteiger charge is -2.11. The molecule has 0 aliphatic heterocycles. The summed E-state index contributed by atoms with van der Waals surface area (Å²) in [7, 11) is 0. The monoisotopic (exact) mass is 280 g/mol. The van der Waals surface area contributed by atoms with Crippen LogP contribution in [0.1, 0.15) is 34.8 Å². The molecular weight excluding hydrogens is 264 g/mol. The fraction of sp³-hybridized carbons (Fsp3) is 0.176. The molecule has 0 aliphatic rings. The number of amides is 1. The lowest BCUT2D eigenvalue weighted by molar-refractivity contribution is 0.0934. The number of carbonyl (C=O) groups excluding carboxylic acids is 1. The van der Waals surface area contributed by atoms with Gasteiger partial charge in [0, 0.05) is 5.56 Å². The molecule has 1 N–H and O–H groups in total. The van der Waals surface area contributed by atoms with Crippen molar-refractivity contribution in [3.05, 3.63) is 65.5 Å². The van der Waals surface area contributed by atoms with Gasteiger partial charge in [0.25, 0.3) is 5.91 Å². The molecule has 0 aliphatic carbocycles. The zero-order chi connectivity index (χ0) is 14.8. The van der Waals surface area contributed by atoms with Crippen molar-refractivity contribution in [1.82, 2.24) is 10.3 Å². The maximum atomic E-state index is 12.3. The highest BCUT2D eigenvalue weighted by molar-refractivity contribution is 5.95. The number of rotatable bonds is 3. The van der Waals surface area contributed by atoms with E-state index in [-0.39, 0.29) is 11.9 Å². The van der Waals surface area contributed by atoms with E-state index in [4.69, 9.17) is 4.42 Å². The van der Waals surface area contributed by atoms with Gasteiger partial charge in [0.2, 0.25) is 5.89 Å². The van der Waals surface area contributed by atoms with Crippen molar-refractivity contribution in [2.45, 2.75) is 19.9 Å². The molecule has 1 unspecified atom stereocenters. The summed E-state index contributed by atoms with van der Waals surface area (Å²) in [5.74, 6) is 0.390. The summed E-state index contributed by atoms with van der Waals surface area (Å²) < 4.78 is 5.67. The minimum absolute atomic E-state index is 0.122. The van der Waals surface area contributed by atoms with Gasteiger partial charge >= 0.3 is 0 Å². The molecular formula is C17H16N2O2. The van der Waals surface area contributed by atoms with Gasteiger partial charge in [-0.1, -0.05) is 30.3 Å². The van der Waals surface area contributed by atoms with Gasteiger partial charge < -0.3 is 9.73 Å². The minimum atomic E-state index is -0.287. The number of benzene rings is 2. The maximum absolute atomic E-state index is 12.3. The highest BCUT2D eigenvalue weighted by Gasteiger charge is 2.17. The maximum Gasteiger partial charge on any atom is 0.252 e. The Morgan fingerprint density at radius 2 is 1.86 bits per heavy atom. The number of hydrogen-bond acceptors (Lipinski definition) is 3. The number of carbonyl (C=O) groups is 1. The first-order valence-corrected chi connectivity index (χ1v) is 6.87. The van der Waals surface area contributed by atoms with Crippen LogP contribution in [0.4, 0.5) is 0 Å². The van der Waals surface area contributed by atoms with Gasteiger partial charge in [-0.2, -0.15) is 0 Å². The molecule has 0 saturated carbocycles. The first kappa shape index (κ1) is 13.4. The van der Waals surface area contributed by atoms with Gasteiger partial charge in [0.15, 0.2) is 5.58 Å². The van der Waals surface area contributed by atoms with Crippen LogP contribution in [0.15, 0.2) is 52.9 Å². The van der Waals surface area contributed by atoms with Crippen LogP contribution < -0.4 is 5.32 Å². The Hall–Kier alpha value is -2.62. The van der Waals surface area contributed by atoms with E-state index in [0.717, 1.165) is 16.7 Å². The van der Waals surface area contributed by atoms with Crippen LogP contribution >= 0.6 is 0 Å². The number of hydrogen-bond donors (Lipinski definition) is 1. The molecule has 3 rings (SSSR count). The van der Waals surface area contributed by atoms with Gasteiger partial charge in [-0.25, -0.2) is 4.98 Å². The molecule has 3 aromatic rings. The lowest BCUT2D eigenvalue weighted by Crippen LogP contribution is -2.27. The first-order chi connectivity index (χ1) is 10.1. The van der Waals surface area contributed by atoms with Crippen LogP contribution in [0.2, 0.25) is 0 Å². The molecule has 0 saturated heterocycles. The Bertz CT molecular complexity index is 759. The minimum Gasteiger partial charge on any atom is -0.438 e. The largest absolute Gasteiger partial charge is 0.438 e. The predicted octanol–water partition coefficient (Wildman–Crippen LogP) is 3.63. The summed E-state index contributed by atoms with van der Waals surface area (Å²) in [4.78, 5) is 16.7. The second-order valence-corrected chi connectivity index (χ2v) is 5.03. The fourth-order valence-corrected chi connectivity index (χ4v) is 2.24. The summed E-state index contributed by atoms with van der Waals surface area (Å²) in [5.41, 5.74) is 3.13. The number of fused-ring (bicyclic) bond motifs is 1. The highest BCUT2D eigenvalue weighted by atomic mass is 16.3. The zero-order valence-electron chi connectivity index (χ0n) is 12.0. The van der Waals surface area contributed by atoms with E-state index in [1.54, 1.807) is 0 Å². The Labute approximate surface area is 122 Å². The van der Waals surface area contributed by atoms with Crippen LogP contribution in [-0.4, -0.2) is 10.9 Å². The molecule has 1 aromatic heterocycles. The third kappa shape index (κ3) is 2.65. The number of oxazole rings is 1. The molecule has 0 radical (unpaired) electrons. The second-order valence-electron chi connectivity index (χ2n) is 5.03. The smallest absolute Gasteiger partial charge is 0.252 e. The molecule has 2 aromatic carbocycles. The highest BCUT2D eigenvalue weighted by Crippen LogP contribution is 2.20. The quantitative estimate of drug-likeness (QED) is 0.797. The summed E-state index contributed by atoms with van der Waals surface area (Å²) in [5, 5.41) is 2.92. The van der Waals surface area contributed by atoms with Crippen LogP contribution in [0.25, 0.3) is 11.1 Å². The molecule has 0 bridgehead atoms. The lowest BCUT2D eigenvalue weighted by atomic mass is 10.1. The van der Waals surface area contributed by atoms with E-state index >= 15 is 0 Å². The number of nitrogens with zero attached hydrogens (tertiary/aromatic N) is 1. The van der Waals surface area contributed by atoms with Crippen LogP contribution in [0.5, 0.6) is 0 Å². The van der Waals surface area contributed by atoms with Gasteiger partial charge in [0.05, 0.1) is 0 Å². The molecule has 1 heterocycles. The molecule has 4 nitrogen and oxygen atoms in total. The van der Waals surface area contributed by atoms with Gasteiger partial charge in [-0.15, -0.1) is 0 Å². The number of nitrogens with one attached hydrogen (secondary N) is 1. The van der Waals surface area contributed by atoms with Crippen molar-refractivity contribution >= 4 is 17.0 Å². The second kappa shape index (κ2) is 5.40. The van der Waals surface area contributed by atoms with Crippen molar-refractivity contribution in [3.8, 4) is 0 Å². The van der Waals surface area contributed by atoms with E-state index in [9.17, 15) is 4.79 Å². The van der Waals surface area contributed by atoms with Crippen molar-refractivity contribution in [2.24, 2.45) is 0 Å². The van der Waals surface area contributed by atoms with E-state index in [1.807, 2.05) is 62.4 Å². The van der Waals surface area contributed by atoms with Crippen molar-refractivity contribution in [1.29, 1.82) is 0 Å². The molecule has 21 heavy (non-hydrogen) atoms. The average molecular weight is 280 g/mol. The zero-order valence-corrected chi connectivity index (χ0v) is 12.0. The van der Waals surface area contributed by atoms with Gasteiger partial charge in [-0.05, 0) is 37.6 Å². The standard InChI is InChI=1S/C17H16N2O2/c1-11-7-3-4-8-13(11)16(20)18-12(2)17-19-14-9-5-6-10-15(14)21-17/h3-10,12H,1-2H3,(H,18,20). The SMILES string of the molecule is Cc1ccccc1C(=O)NC(C)c1nc2ccccc2o1. The van der Waals surface area contributed by atoms with E-state index in [2.05, 4.69) is 10.3 Å². The Morgan fingerprint density at radius 3 is 2.62 bits per heavy atom. The Balaban J connectivity index is 1.81. The van der Waals surface area contributed by atoms with Gasteiger partial charge in [-0.3, -0.25) is 4.79 Å². The molecule has 0 fully saturated rings. The first-order valence-electron chi connectivity index (χ1n) is 6.87. The van der Waals surface area contributed by atoms with Gasteiger partial charge in [0.1, 0.15) is 11.6 Å². The van der Waals surface area contributed by atoms with Crippen molar-refractivity contribution in [3.63, 3.8) is 0 Å². The van der Waals surface area contributed by atoms with Crippen molar-refractivity contribution < 1.29 is 9.21 Å². The van der Waals surface area contributed by atoms with E-state index < -0.39 is 0 Å². The van der Waals surface area contributed by atoms with Crippen LogP contribution in [0.3, 0.4) is 0 Å².